The zero-order valence-corrected chi connectivity index (χ0v) is 7.28. The van der Waals surface area contributed by atoms with Gasteiger partial charge in [-0.05, 0) is 13.3 Å². The molecular formula is C8H12N2O2. The third-order valence-electron chi connectivity index (χ3n) is 1.56. The Balaban J connectivity index is 2.74. The number of rotatable bonds is 3. The zero-order chi connectivity index (χ0) is 8.97. The molecule has 0 amide bonds. The summed E-state index contributed by atoms with van der Waals surface area (Å²) in [7, 11) is 0. The molecule has 0 radical (unpaired) electrons. The van der Waals surface area contributed by atoms with Crippen molar-refractivity contribution < 1.29 is 4.52 Å². The minimum atomic E-state index is -0.395. The van der Waals surface area contributed by atoms with Crippen LogP contribution in [0.15, 0.2) is 21.5 Å². The molecule has 0 aromatic carbocycles. The van der Waals surface area contributed by atoms with Gasteiger partial charge >= 0.3 is 5.76 Å². The maximum Gasteiger partial charge on any atom is 0.441 e. The van der Waals surface area contributed by atoms with Crippen molar-refractivity contribution >= 4 is 0 Å². The van der Waals surface area contributed by atoms with Crippen LogP contribution in [0.2, 0.25) is 0 Å². The van der Waals surface area contributed by atoms with Gasteiger partial charge in [0.1, 0.15) is 0 Å². The SMILES string of the molecule is CC/C=C/Cn1c(C)noc1=O. The summed E-state index contributed by atoms with van der Waals surface area (Å²) in [5.74, 6) is 0.217. The van der Waals surface area contributed by atoms with Crippen molar-refractivity contribution in [1.82, 2.24) is 9.72 Å². The van der Waals surface area contributed by atoms with Gasteiger partial charge in [0.2, 0.25) is 0 Å². The van der Waals surface area contributed by atoms with E-state index in [1.165, 1.54) is 4.57 Å². The van der Waals surface area contributed by atoms with E-state index in [1.54, 1.807) is 6.92 Å². The average Bonchev–Trinajstić information content (AvgIpc) is 2.35. The first-order chi connectivity index (χ1) is 5.75. The Morgan fingerprint density at radius 3 is 2.83 bits per heavy atom. The van der Waals surface area contributed by atoms with E-state index < -0.39 is 5.76 Å². The quantitative estimate of drug-likeness (QED) is 0.635. The van der Waals surface area contributed by atoms with Gasteiger partial charge in [0.25, 0.3) is 0 Å². The van der Waals surface area contributed by atoms with Gasteiger partial charge in [-0.25, -0.2) is 4.79 Å². The van der Waals surface area contributed by atoms with Crippen LogP contribution in [-0.2, 0) is 6.54 Å². The summed E-state index contributed by atoms with van der Waals surface area (Å²) in [5.41, 5.74) is 0. The summed E-state index contributed by atoms with van der Waals surface area (Å²) in [6.07, 6.45) is 4.89. The van der Waals surface area contributed by atoms with Gasteiger partial charge in [-0.1, -0.05) is 24.2 Å². The molecule has 12 heavy (non-hydrogen) atoms. The van der Waals surface area contributed by atoms with Gasteiger partial charge < -0.3 is 0 Å². The largest absolute Gasteiger partial charge is 0.441 e. The van der Waals surface area contributed by atoms with Gasteiger partial charge in [-0.2, -0.15) is 0 Å². The van der Waals surface area contributed by atoms with E-state index in [9.17, 15) is 4.79 Å². The summed E-state index contributed by atoms with van der Waals surface area (Å²) in [4.78, 5) is 10.9. The molecule has 0 unspecified atom stereocenters. The molecule has 0 N–H and O–H groups in total. The van der Waals surface area contributed by atoms with Crippen molar-refractivity contribution in [3.63, 3.8) is 0 Å². The van der Waals surface area contributed by atoms with Crippen molar-refractivity contribution in [3.8, 4) is 0 Å². The lowest BCUT2D eigenvalue weighted by atomic mass is 10.4. The maximum atomic E-state index is 10.9. The van der Waals surface area contributed by atoms with Gasteiger partial charge in [0.05, 0.1) is 0 Å². The van der Waals surface area contributed by atoms with E-state index in [4.69, 9.17) is 0 Å². The van der Waals surface area contributed by atoms with Crippen LogP contribution in [0.5, 0.6) is 0 Å². The summed E-state index contributed by atoms with van der Waals surface area (Å²) in [5, 5.41) is 3.54. The van der Waals surface area contributed by atoms with Crippen LogP contribution < -0.4 is 5.76 Å². The second kappa shape index (κ2) is 3.90. The van der Waals surface area contributed by atoms with E-state index in [0.29, 0.717) is 12.4 Å². The van der Waals surface area contributed by atoms with E-state index in [-0.39, 0.29) is 0 Å². The lowest BCUT2D eigenvalue weighted by Gasteiger charge is -1.93. The Labute approximate surface area is 70.5 Å². The van der Waals surface area contributed by atoms with E-state index >= 15 is 0 Å². The Hall–Kier alpha value is -1.32. The second-order valence-electron chi connectivity index (χ2n) is 2.49. The summed E-state index contributed by atoms with van der Waals surface area (Å²) in [6.45, 7) is 4.33. The minimum Gasteiger partial charge on any atom is -0.296 e. The Bertz CT molecular complexity index is 322. The van der Waals surface area contributed by atoms with Crippen molar-refractivity contribution in [3.05, 3.63) is 28.5 Å². The molecule has 0 aliphatic heterocycles. The molecule has 66 valence electrons. The lowest BCUT2D eigenvalue weighted by molar-refractivity contribution is 0.376. The van der Waals surface area contributed by atoms with Crippen molar-refractivity contribution in [1.29, 1.82) is 0 Å². The first-order valence-electron chi connectivity index (χ1n) is 3.93. The molecular weight excluding hydrogens is 156 g/mol. The second-order valence-corrected chi connectivity index (χ2v) is 2.49. The third kappa shape index (κ3) is 1.84. The van der Waals surface area contributed by atoms with Gasteiger partial charge in [0.15, 0.2) is 5.82 Å². The van der Waals surface area contributed by atoms with Gasteiger partial charge in [-0.3, -0.25) is 9.09 Å². The molecule has 0 saturated heterocycles. The van der Waals surface area contributed by atoms with E-state index in [1.807, 2.05) is 19.1 Å². The van der Waals surface area contributed by atoms with Crippen molar-refractivity contribution in [2.75, 3.05) is 0 Å². The monoisotopic (exact) mass is 168 g/mol. The van der Waals surface area contributed by atoms with Crippen LogP contribution in [0.25, 0.3) is 0 Å². The Kier molecular flexibility index (Phi) is 2.85. The Morgan fingerprint density at radius 2 is 2.33 bits per heavy atom. The highest BCUT2D eigenvalue weighted by molar-refractivity contribution is 4.86. The molecule has 0 aliphatic carbocycles. The first kappa shape index (κ1) is 8.77. The number of aromatic nitrogens is 2. The summed E-state index contributed by atoms with van der Waals surface area (Å²) < 4.78 is 5.93. The highest BCUT2D eigenvalue weighted by Gasteiger charge is 2.01. The van der Waals surface area contributed by atoms with Crippen LogP contribution in [-0.4, -0.2) is 9.72 Å². The molecule has 0 saturated carbocycles. The third-order valence-corrected chi connectivity index (χ3v) is 1.56. The minimum absolute atomic E-state index is 0.395. The number of allylic oxidation sites excluding steroid dienone is 2. The van der Waals surface area contributed by atoms with Crippen molar-refractivity contribution in [2.24, 2.45) is 0 Å². The predicted octanol–water partition coefficient (Wildman–Crippen LogP) is 1.11. The van der Waals surface area contributed by atoms with Crippen LogP contribution >= 0.6 is 0 Å². The van der Waals surface area contributed by atoms with Crippen LogP contribution in [0.4, 0.5) is 0 Å². The van der Waals surface area contributed by atoms with Crippen LogP contribution in [0, 0.1) is 6.92 Å². The molecule has 0 bridgehead atoms. The summed E-state index contributed by atoms with van der Waals surface area (Å²) in [6, 6.07) is 0. The molecule has 1 aromatic rings. The molecule has 0 atom stereocenters. The standard InChI is InChI=1S/C8H12N2O2/c1-3-4-5-6-10-7(2)9-12-8(10)11/h4-5H,3,6H2,1-2H3/b5-4+. The normalized spacial score (nSPS) is 11.2. The highest BCUT2D eigenvalue weighted by Crippen LogP contribution is 1.90. The van der Waals surface area contributed by atoms with E-state index in [0.717, 1.165) is 6.42 Å². The first-order valence-corrected chi connectivity index (χ1v) is 3.93. The molecule has 0 fully saturated rings. The smallest absolute Gasteiger partial charge is 0.296 e. The predicted molar refractivity (Wildman–Crippen MR) is 44.9 cm³/mol. The summed E-state index contributed by atoms with van der Waals surface area (Å²) >= 11 is 0. The molecule has 0 spiro atoms. The fraction of sp³-hybridized carbons (Fsp3) is 0.500. The fourth-order valence-corrected chi connectivity index (χ4v) is 0.889. The topological polar surface area (TPSA) is 48.0 Å². The fourth-order valence-electron chi connectivity index (χ4n) is 0.889. The van der Waals surface area contributed by atoms with Crippen LogP contribution in [0.3, 0.4) is 0 Å². The Morgan fingerprint density at radius 1 is 1.58 bits per heavy atom. The van der Waals surface area contributed by atoms with Crippen LogP contribution in [0.1, 0.15) is 19.2 Å². The van der Waals surface area contributed by atoms with Gasteiger partial charge in [-0.15, -0.1) is 0 Å². The maximum absolute atomic E-state index is 10.9. The number of hydrogen-bond acceptors (Lipinski definition) is 3. The number of aryl methyl sites for hydroxylation is 1. The molecule has 1 heterocycles. The number of hydrogen-bond donors (Lipinski definition) is 0. The average molecular weight is 168 g/mol. The lowest BCUT2D eigenvalue weighted by Crippen LogP contribution is -2.14. The zero-order valence-electron chi connectivity index (χ0n) is 7.28. The molecule has 1 aromatic heterocycles. The molecule has 4 nitrogen and oxygen atoms in total. The molecule has 0 aliphatic rings. The molecule has 1 rings (SSSR count). The molecule has 4 heteroatoms. The highest BCUT2D eigenvalue weighted by atomic mass is 16.5. The van der Waals surface area contributed by atoms with Gasteiger partial charge in [0, 0.05) is 6.54 Å². The van der Waals surface area contributed by atoms with E-state index in [2.05, 4.69) is 9.68 Å². The number of nitrogens with zero attached hydrogens (tertiary/aromatic N) is 2. The van der Waals surface area contributed by atoms with Crippen molar-refractivity contribution in [2.45, 2.75) is 26.8 Å².